The van der Waals surface area contributed by atoms with E-state index in [4.69, 9.17) is 0 Å². The van der Waals surface area contributed by atoms with Gasteiger partial charge in [-0.15, -0.1) is 0 Å². The van der Waals surface area contributed by atoms with E-state index in [1.165, 1.54) is 15.0 Å². The molecular weight excluding hydrogens is 260 g/mol. The summed E-state index contributed by atoms with van der Waals surface area (Å²) < 4.78 is 1.33. The molecule has 0 aliphatic heterocycles. The summed E-state index contributed by atoms with van der Waals surface area (Å²) in [4.78, 5) is 1.36. The molecule has 1 unspecified atom stereocenters. The van der Waals surface area contributed by atoms with Crippen LogP contribution in [0.25, 0.3) is 17.6 Å². The van der Waals surface area contributed by atoms with Gasteiger partial charge in [0.25, 0.3) is 0 Å². The van der Waals surface area contributed by atoms with E-state index >= 15 is 0 Å². The second-order valence-electron chi connectivity index (χ2n) is 6.00. The molecule has 0 aliphatic carbocycles. The van der Waals surface area contributed by atoms with Crippen LogP contribution >= 0.6 is 10.5 Å². The molecule has 1 aromatic heterocycles. The first kappa shape index (κ1) is 14.8. The minimum absolute atomic E-state index is 0.0347. The Bertz CT molecular complexity index is 707. The minimum atomic E-state index is 0.0347. The summed E-state index contributed by atoms with van der Waals surface area (Å²) in [6, 6.07) is 11.2. The molecule has 0 aliphatic rings. The van der Waals surface area contributed by atoms with Gasteiger partial charge in [-0.1, -0.05) is 51.6 Å². The van der Waals surface area contributed by atoms with Crippen LogP contribution in [0.1, 0.15) is 33.3 Å². The fourth-order valence-corrected chi connectivity index (χ4v) is 3.98. The van der Waals surface area contributed by atoms with Crippen LogP contribution in [0.2, 0.25) is 0 Å². The van der Waals surface area contributed by atoms with Crippen LogP contribution in [-0.2, 0) is 5.41 Å². The molecule has 1 heterocycles. The van der Waals surface area contributed by atoms with Crippen LogP contribution in [0.5, 0.6) is 0 Å². The van der Waals surface area contributed by atoms with Crippen LogP contribution in [0.3, 0.4) is 0 Å². The summed E-state index contributed by atoms with van der Waals surface area (Å²) >= 11 is 0. The van der Waals surface area contributed by atoms with Crippen LogP contribution in [0.4, 0.5) is 0 Å². The number of thiophene rings is 1. The fourth-order valence-electron chi connectivity index (χ4n) is 2.12. The fraction of sp³-hybridized carbons (Fsp3) is 0.263. The zero-order valence-corrected chi connectivity index (χ0v) is 13.6. The first-order valence-corrected chi connectivity index (χ1v) is 8.26. The molecule has 1 heteroatoms. The topological polar surface area (TPSA) is 0 Å². The van der Waals surface area contributed by atoms with E-state index in [2.05, 4.69) is 81.3 Å². The van der Waals surface area contributed by atoms with E-state index in [1.54, 1.807) is 0 Å². The Morgan fingerprint density at radius 1 is 1.05 bits per heavy atom. The van der Waals surface area contributed by atoms with Gasteiger partial charge in [0, 0.05) is 21.8 Å². The molecule has 0 spiro atoms. The Morgan fingerprint density at radius 2 is 1.70 bits per heavy atom. The van der Waals surface area contributed by atoms with E-state index in [9.17, 15) is 0 Å². The van der Waals surface area contributed by atoms with E-state index in [0.29, 0.717) is 0 Å². The maximum atomic E-state index is 4.14. The van der Waals surface area contributed by atoms with Gasteiger partial charge in [0.05, 0.1) is 0 Å². The zero-order chi connectivity index (χ0) is 14.8. The Kier molecular flexibility index (Phi) is 4.29. The Hall–Kier alpha value is -1.60. The van der Waals surface area contributed by atoms with Gasteiger partial charge >= 0.3 is 0 Å². The molecule has 104 valence electrons. The highest BCUT2D eigenvalue weighted by molar-refractivity contribution is 7.36. The van der Waals surface area contributed by atoms with Gasteiger partial charge in [-0.3, -0.25) is 0 Å². The third-order valence-corrected chi connectivity index (χ3v) is 5.43. The van der Waals surface area contributed by atoms with E-state index in [-0.39, 0.29) is 15.9 Å². The molecule has 1 atom stereocenters. The van der Waals surface area contributed by atoms with Crippen LogP contribution in [0.15, 0.2) is 47.9 Å². The lowest BCUT2D eigenvalue weighted by molar-refractivity contribution is 0.590. The van der Waals surface area contributed by atoms with Crippen molar-refractivity contribution in [3.8, 4) is 4.90 Å². The van der Waals surface area contributed by atoms with Gasteiger partial charge in [-0.2, -0.15) is 0 Å². The molecule has 0 radical (unpaired) electrons. The maximum Gasteiger partial charge on any atom is 0.185 e. The third kappa shape index (κ3) is 3.10. The quantitative estimate of drug-likeness (QED) is 0.712. The first-order chi connectivity index (χ1) is 9.43. The van der Waals surface area contributed by atoms with Gasteiger partial charge in [-0.25, -0.2) is 0 Å². The maximum absolute atomic E-state index is 4.14. The van der Waals surface area contributed by atoms with Crippen molar-refractivity contribution in [1.82, 2.24) is 0 Å². The van der Waals surface area contributed by atoms with Gasteiger partial charge < -0.3 is 0 Å². The predicted octanol–water partition coefficient (Wildman–Crippen LogP) is 4.49. The lowest BCUT2D eigenvalue weighted by Gasteiger charge is -2.18. The van der Waals surface area contributed by atoms with E-state index in [1.807, 2.05) is 6.92 Å². The lowest BCUT2D eigenvalue weighted by Crippen LogP contribution is -2.16. The first-order valence-electron chi connectivity index (χ1n) is 6.97. The van der Waals surface area contributed by atoms with Crippen molar-refractivity contribution in [3.63, 3.8) is 0 Å². The average Bonchev–Trinajstić information content (AvgIpc) is 2.77. The zero-order valence-electron chi connectivity index (χ0n) is 12.8. The van der Waals surface area contributed by atoms with Crippen molar-refractivity contribution >= 4 is 23.1 Å². The lowest BCUT2D eigenvalue weighted by atomic mass is 9.87. The predicted molar refractivity (Wildman–Crippen MR) is 93.0 cm³/mol. The SMILES string of the molecule is C=c1cc[s+](-c2ccc(C(C)(C)C)cc2)/c1=C/C=C\C. The summed E-state index contributed by atoms with van der Waals surface area (Å²) in [5.41, 5.74) is 1.59. The number of allylic oxidation sites excluding steroid dienone is 2. The van der Waals surface area contributed by atoms with Gasteiger partial charge in [0.2, 0.25) is 0 Å². The summed E-state index contributed by atoms with van der Waals surface area (Å²) in [5.74, 6) is 0. The van der Waals surface area contributed by atoms with E-state index in [0.717, 1.165) is 5.22 Å². The van der Waals surface area contributed by atoms with Crippen molar-refractivity contribution in [2.24, 2.45) is 0 Å². The highest BCUT2D eigenvalue weighted by atomic mass is 32.2. The van der Waals surface area contributed by atoms with Crippen molar-refractivity contribution in [2.75, 3.05) is 0 Å². The molecule has 0 N–H and O–H groups in total. The summed E-state index contributed by atoms with van der Waals surface area (Å²) in [5, 5.41) is 3.40. The highest BCUT2D eigenvalue weighted by Gasteiger charge is 2.16. The van der Waals surface area contributed by atoms with Crippen LogP contribution in [0, 0.1) is 0 Å². The molecule has 0 nitrogen and oxygen atoms in total. The number of hydrogen-bond acceptors (Lipinski definition) is 0. The van der Waals surface area contributed by atoms with Gasteiger partial charge in [0.1, 0.15) is 5.38 Å². The molecule has 2 rings (SSSR count). The second kappa shape index (κ2) is 5.80. The number of hydrogen-bond donors (Lipinski definition) is 0. The van der Waals surface area contributed by atoms with Crippen LogP contribution < -0.4 is 9.75 Å². The molecule has 1 aromatic carbocycles. The number of rotatable bonds is 2. The monoisotopic (exact) mass is 283 g/mol. The van der Waals surface area contributed by atoms with Gasteiger partial charge in [0.15, 0.2) is 9.43 Å². The Labute approximate surface area is 124 Å². The van der Waals surface area contributed by atoms with Crippen molar-refractivity contribution in [2.45, 2.75) is 33.1 Å². The molecule has 0 saturated carbocycles. The average molecular weight is 283 g/mol. The molecule has 20 heavy (non-hydrogen) atoms. The summed E-state index contributed by atoms with van der Waals surface area (Å²) in [6.45, 7) is 12.9. The van der Waals surface area contributed by atoms with Crippen molar-refractivity contribution < 1.29 is 0 Å². The van der Waals surface area contributed by atoms with Gasteiger partial charge in [-0.05, 0) is 36.1 Å². The van der Waals surface area contributed by atoms with Crippen molar-refractivity contribution in [3.05, 3.63) is 63.2 Å². The molecule has 0 amide bonds. The number of benzene rings is 1. The Morgan fingerprint density at radius 3 is 2.25 bits per heavy atom. The molecule has 0 bridgehead atoms. The van der Waals surface area contributed by atoms with Crippen LogP contribution in [-0.4, -0.2) is 0 Å². The minimum Gasteiger partial charge on any atom is -0.0875 e. The smallest absolute Gasteiger partial charge is 0.0875 e. The second-order valence-corrected chi connectivity index (χ2v) is 7.86. The molecule has 2 aromatic rings. The van der Waals surface area contributed by atoms with E-state index < -0.39 is 0 Å². The normalized spacial score (nSPS) is 14.2. The standard InChI is InChI=1S/C19H23S/c1-6-7-8-18-15(2)13-14-20(18)17-11-9-16(10-12-17)19(3,4)5/h6-14H,2H2,1,3-5H3/q+1/b7-6-,18-8+. The third-order valence-electron chi connectivity index (χ3n) is 3.37. The largest absolute Gasteiger partial charge is 0.185 e. The highest BCUT2D eigenvalue weighted by Crippen LogP contribution is 2.28. The molecule has 0 saturated heterocycles. The molecule has 0 fully saturated rings. The molecular formula is C19H23S+. The summed E-state index contributed by atoms with van der Waals surface area (Å²) in [6.07, 6.45) is 6.34. The summed E-state index contributed by atoms with van der Waals surface area (Å²) in [7, 11) is 0.0347. The van der Waals surface area contributed by atoms with Crippen molar-refractivity contribution in [1.29, 1.82) is 0 Å². The Balaban J connectivity index is 2.51.